The van der Waals surface area contributed by atoms with Crippen molar-refractivity contribution in [1.29, 1.82) is 0 Å². The zero-order chi connectivity index (χ0) is 19.0. The maximum absolute atomic E-state index is 10.8. The number of halogens is 1. The van der Waals surface area contributed by atoms with Crippen LogP contribution in [0.4, 0.5) is 0 Å². The number of benzene rings is 1. The van der Waals surface area contributed by atoms with E-state index in [2.05, 4.69) is 16.8 Å². The molecule has 26 heavy (non-hydrogen) atoms. The summed E-state index contributed by atoms with van der Waals surface area (Å²) < 4.78 is 21.2. The lowest BCUT2D eigenvalue weighted by atomic mass is 10.1. The first kappa shape index (κ1) is 21.7. The second kappa shape index (κ2) is 10.6. The molecule has 0 bridgehead atoms. The van der Waals surface area contributed by atoms with E-state index in [0.717, 1.165) is 23.4 Å². The molecule has 1 aliphatic rings. The van der Waals surface area contributed by atoms with Crippen molar-refractivity contribution in [3.8, 4) is 5.75 Å². The van der Waals surface area contributed by atoms with Crippen LogP contribution in [0.1, 0.15) is 51.0 Å². The van der Waals surface area contributed by atoms with E-state index in [-0.39, 0.29) is 18.8 Å². The minimum Gasteiger partial charge on any atom is -0.489 e. The number of phosphoric ester groups is 1. The quantitative estimate of drug-likeness (QED) is 0.380. The average Bonchev–Trinajstić information content (AvgIpc) is 3.01. The standard InChI is InChI=1S/C18H29ClNO5P/c1-2-3-4-5-6-7-14-8-9-16(11-18(14)19)25-17-10-15(20-12-17)13-24-26(21,22)23/h8-9,11,15,17,20H,2-7,10,12-13H2,1H3,(H2,21,22,23)/t15-,17?/m0/s1. The van der Waals surface area contributed by atoms with Crippen LogP contribution >= 0.6 is 19.4 Å². The van der Waals surface area contributed by atoms with Gasteiger partial charge in [-0.05, 0) is 30.5 Å². The van der Waals surface area contributed by atoms with Crippen molar-refractivity contribution < 1.29 is 23.6 Å². The van der Waals surface area contributed by atoms with Crippen molar-refractivity contribution in [2.75, 3.05) is 13.2 Å². The van der Waals surface area contributed by atoms with Crippen LogP contribution in [0, 0.1) is 0 Å². The highest BCUT2D eigenvalue weighted by Crippen LogP contribution is 2.36. The van der Waals surface area contributed by atoms with Crippen LogP contribution in [0.5, 0.6) is 5.75 Å². The average molecular weight is 406 g/mol. The first-order valence-corrected chi connectivity index (χ1v) is 11.2. The number of rotatable bonds is 11. The summed E-state index contributed by atoms with van der Waals surface area (Å²) in [5.74, 6) is 0.716. The lowest BCUT2D eigenvalue weighted by Crippen LogP contribution is -2.26. The Morgan fingerprint density at radius 2 is 2.04 bits per heavy atom. The minimum atomic E-state index is -4.43. The van der Waals surface area contributed by atoms with Gasteiger partial charge in [-0.3, -0.25) is 4.52 Å². The Labute approximate surface area is 160 Å². The summed E-state index contributed by atoms with van der Waals surface area (Å²) in [7, 11) is -4.43. The van der Waals surface area contributed by atoms with Crippen molar-refractivity contribution in [1.82, 2.24) is 5.32 Å². The maximum atomic E-state index is 10.8. The van der Waals surface area contributed by atoms with E-state index in [9.17, 15) is 4.57 Å². The largest absolute Gasteiger partial charge is 0.489 e. The van der Waals surface area contributed by atoms with Crippen LogP contribution in [0.25, 0.3) is 0 Å². The van der Waals surface area contributed by atoms with E-state index in [1.807, 2.05) is 18.2 Å². The normalized spacial score (nSPS) is 20.5. The molecule has 1 saturated heterocycles. The SMILES string of the molecule is CCCCCCCc1ccc(OC2CN[C@H](COP(=O)(O)O)C2)cc1Cl. The summed E-state index contributed by atoms with van der Waals surface area (Å²) in [5.41, 5.74) is 1.15. The van der Waals surface area contributed by atoms with Gasteiger partial charge in [-0.1, -0.05) is 50.3 Å². The number of hydrogen-bond acceptors (Lipinski definition) is 4. The molecule has 1 fully saturated rings. The van der Waals surface area contributed by atoms with Crippen LogP contribution in [-0.2, 0) is 15.5 Å². The van der Waals surface area contributed by atoms with E-state index in [1.165, 1.54) is 25.7 Å². The molecule has 8 heteroatoms. The van der Waals surface area contributed by atoms with Crippen LogP contribution in [-0.4, -0.2) is 35.1 Å². The third kappa shape index (κ3) is 7.95. The molecule has 1 aromatic carbocycles. The highest BCUT2D eigenvalue weighted by molar-refractivity contribution is 7.46. The van der Waals surface area contributed by atoms with Gasteiger partial charge in [0.05, 0.1) is 6.61 Å². The second-order valence-electron chi connectivity index (χ2n) is 6.78. The second-order valence-corrected chi connectivity index (χ2v) is 8.43. The van der Waals surface area contributed by atoms with Gasteiger partial charge >= 0.3 is 7.82 Å². The number of phosphoric acid groups is 1. The number of hydrogen-bond donors (Lipinski definition) is 3. The summed E-state index contributed by atoms with van der Waals surface area (Å²) in [6.45, 7) is 2.77. The molecule has 0 amide bonds. The zero-order valence-electron chi connectivity index (χ0n) is 15.2. The van der Waals surface area contributed by atoms with Gasteiger partial charge in [-0.15, -0.1) is 0 Å². The number of aryl methyl sites for hydroxylation is 1. The van der Waals surface area contributed by atoms with Crippen LogP contribution in [0.2, 0.25) is 5.02 Å². The van der Waals surface area contributed by atoms with E-state index >= 15 is 0 Å². The van der Waals surface area contributed by atoms with Crippen molar-refractivity contribution >= 4 is 19.4 Å². The lowest BCUT2D eigenvalue weighted by Gasteiger charge is -2.15. The van der Waals surface area contributed by atoms with E-state index in [0.29, 0.717) is 18.7 Å². The highest BCUT2D eigenvalue weighted by Gasteiger charge is 2.28. The molecule has 1 aliphatic heterocycles. The summed E-state index contributed by atoms with van der Waals surface area (Å²) in [4.78, 5) is 17.5. The summed E-state index contributed by atoms with van der Waals surface area (Å²) in [6.07, 6.45) is 7.72. The summed E-state index contributed by atoms with van der Waals surface area (Å²) in [6, 6.07) is 5.68. The van der Waals surface area contributed by atoms with Crippen LogP contribution in [0.3, 0.4) is 0 Å². The molecule has 6 nitrogen and oxygen atoms in total. The van der Waals surface area contributed by atoms with E-state index in [1.54, 1.807) is 0 Å². The fourth-order valence-corrected chi connectivity index (χ4v) is 3.74. The summed E-state index contributed by atoms with van der Waals surface area (Å²) >= 11 is 6.38. The summed E-state index contributed by atoms with van der Waals surface area (Å²) in [5, 5.41) is 3.87. The molecule has 2 atom stereocenters. The minimum absolute atomic E-state index is 0.0398. The van der Waals surface area contributed by atoms with Gasteiger partial charge in [0, 0.05) is 24.0 Å². The molecule has 0 radical (unpaired) electrons. The van der Waals surface area contributed by atoms with Gasteiger partial charge in [0.25, 0.3) is 0 Å². The number of ether oxygens (including phenoxy) is 1. The number of unbranched alkanes of at least 4 members (excludes halogenated alkanes) is 4. The van der Waals surface area contributed by atoms with E-state index < -0.39 is 7.82 Å². The number of nitrogens with one attached hydrogen (secondary N) is 1. The molecule has 148 valence electrons. The zero-order valence-corrected chi connectivity index (χ0v) is 16.8. The Kier molecular flexibility index (Phi) is 8.88. The predicted octanol–water partition coefficient (Wildman–Crippen LogP) is 4.07. The Morgan fingerprint density at radius 3 is 2.73 bits per heavy atom. The smallest absolute Gasteiger partial charge is 0.469 e. The Morgan fingerprint density at radius 1 is 1.27 bits per heavy atom. The maximum Gasteiger partial charge on any atom is 0.469 e. The lowest BCUT2D eigenvalue weighted by molar-refractivity contribution is 0.173. The monoisotopic (exact) mass is 405 g/mol. The van der Waals surface area contributed by atoms with Gasteiger partial charge in [0.1, 0.15) is 11.9 Å². The molecule has 0 saturated carbocycles. The third-order valence-electron chi connectivity index (χ3n) is 4.50. The Bertz CT molecular complexity index is 609. The molecule has 3 N–H and O–H groups in total. The Balaban J connectivity index is 1.76. The molecular formula is C18H29ClNO5P. The van der Waals surface area contributed by atoms with Gasteiger partial charge in [-0.2, -0.15) is 0 Å². The molecule has 0 aromatic heterocycles. The molecule has 0 aliphatic carbocycles. The molecule has 2 rings (SSSR count). The van der Waals surface area contributed by atoms with Crippen molar-refractivity contribution in [2.24, 2.45) is 0 Å². The van der Waals surface area contributed by atoms with Gasteiger partial charge in [0.2, 0.25) is 0 Å². The predicted molar refractivity (Wildman–Crippen MR) is 103 cm³/mol. The first-order valence-electron chi connectivity index (χ1n) is 9.26. The first-order chi connectivity index (χ1) is 12.4. The van der Waals surface area contributed by atoms with Crippen LogP contribution < -0.4 is 10.1 Å². The molecule has 1 heterocycles. The molecular weight excluding hydrogens is 377 g/mol. The van der Waals surface area contributed by atoms with Gasteiger partial charge in [0.15, 0.2) is 0 Å². The fraction of sp³-hybridized carbons (Fsp3) is 0.667. The van der Waals surface area contributed by atoms with Crippen molar-refractivity contribution in [3.63, 3.8) is 0 Å². The van der Waals surface area contributed by atoms with Crippen molar-refractivity contribution in [3.05, 3.63) is 28.8 Å². The fourth-order valence-electron chi connectivity index (χ4n) is 3.10. The highest BCUT2D eigenvalue weighted by atomic mass is 35.5. The molecule has 1 aromatic rings. The van der Waals surface area contributed by atoms with Gasteiger partial charge in [-0.25, -0.2) is 4.57 Å². The molecule has 0 spiro atoms. The topological polar surface area (TPSA) is 88.0 Å². The van der Waals surface area contributed by atoms with Crippen molar-refractivity contribution in [2.45, 2.75) is 64.0 Å². The third-order valence-corrected chi connectivity index (χ3v) is 5.34. The van der Waals surface area contributed by atoms with Gasteiger partial charge < -0.3 is 19.8 Å². The Hall–Kier alpha value is -0.620. The van der Waals surface area contributed by atoms with E-state index in [4.69, 9.17) is 26.1 Å². The molecule has 1 unspecified atom stereocenters. The van der Waals surface area contributed by atoms with Crippen LogP contribution in [0.15, 0.2) is 18.2 Å².